The number of Topliss-reactive ketones (excluding diaryl/α,β-unsaturated/α-hetero) is 1. The zero-order chi connectivity index (χ0) is 14.4. The molecular formula is C17H18O3. The number of ether oxygens (including phenoxy) is 2. The van der Waals surface area contributed by atoms with E-state index in [0.717, 1.165) is 12.2 Å². The molecule has 0 unspecified atom stereocenters. The van der Waals surface area contributed by atoms with Crippen molar-refractivity contribution in [3.05, 3.63) is 54.1 Å². The summed E-state index contributed by atoms with van der Waals surface area (Å²) in [6.07, 6.45) is 0.946. The normalized spacial score (nSPS) is 10.1. The molecule has 0 N–H and O–H groups in total. The molecule has 3 nitrogen and oxygen atoms in total. The molecule has 0 aliphatic rings. The molecule has 0 saturated heterocycles. The Hall–Kier alpha value is -2.29. The molecular weight excluding hydrogens is 252 g/mol. The third-order valence-electron chi connectivity index (χ3n) is 2.80. The number of benzene rings is 2. The summed E-state index contributed by atoms with van der Waals surface area (Å²) in [5, 5.41) is 0. The fourth-order valence-corrected chi connectivity index (χ4v) is 1.75. The first kappa shape index (κ1) is 14.1. The van der Waals surface area contributed by atoms with E-state index in [9.17, 15) is 4.79 Å². The zero-order valence-electron chi connectivity index (χ0n) is 11.8. The van der Waals surface area contributed by atoms with Crippen LogP contribution in [0, 0.1) is 0 Å². The van der Waals surface area contributed by atoms with Gasteiger partial charge in [0, 0.05) is 5.56 Å². The molecule has 0 spiro atoms. The smallest absolute Gasteiger partial charge is 0.169 e. The van der Waals surface area contributed by atoms with Crippen LogP contribution < -0.4 is 9.47 Å². The standard InChI is InChI=1S/C17H18O3/c1-3-12-19-16-6-4-5-7-17(16)20-15-10-8-14(9-11-15)13(2)18/h4-11H,3,12H2,1-2H3. The van der Waals surface area contributed by atoms with E-state index in [-0.39, 0.29) is 5.78 Å². The van der Waals surface area contributed by atoms with Gasteiger partial charge in [-0.15, -0.1) is 0 Å². The predicted molar refractivity (Wildman–Crippen MR) is 78.7 cm³/mol. The van der Waals surface area contributed by atoms with Crippen molar-refractivity contribution in [2.45, 2.75) is 20.3 Å². The molecule has 0 aromatic heterocycles. The van der Waals surface area contributed by atoms with Gasteiger partial charge < -0.3 is 9.47 Å². The quantitative estimate of drug-likeness (QED) is 0.726. The van der Waals surface area contributed by atoms with Gasteiger partial charge in [0.05, 0.1) is 6.61 Å². The van der Waals surface area contributed by atoms with Crippen molar-refractivity contribution < 1.29 is 14.3 Å². The molecule has 0 radical (unpaired) electrons. The highest BCUT2D eigenvalue weighted by Crippen LogP contribution is 2.31. The second-order valence-corrected chi connectivity index (χ2v) is 4.48. The number of hydrogen-bond acceptors (Lipinski definition) is 3. The Bertz CT molecular complexity index is 573. The monoisotopic (exact) mass is 270 g/mol. The minimum absolute atomic E-state index is 0.0447. The number of rotatable bonds is 6. The van der Waals surface area contributed by atoms with Crippen LogP contribution in [0.5, 0.6) is 17.2 Å². The van der Waals surface area contributed by atoms with Crippen molar-refractivity contribution in [2.75, 3.05) is 6.61 Å². The van der Waals surface area contributed by atoms with Gasteiger partial charge in [-0.3, -0.25) is 4.79 Å². The highest BCUT2D eigenvalue weighted by atomic mass is 16.5. The summed E-state index contributed by atoms with van der Waals surface area (Å²) >= 11 is 0. The summed E-state index contributed by atoms with van der Waals surface area (Å²) in [7, 11) is 0. The summed E-state index contributed by atoms with van der Waals surface area (Å²) in [5.41, 5.74) is 0.674. The van der Waals surface area contributed by atoms with E-state index in [1.807, 2.05) is 24.3 Å². The summed E-state index contributed by atoms with van der Waals surface area (Å²) < 4.78 is 11.4. The Morgan fingerprint density at radius 2 is 1.65 bits per heavy atom. The summed E-state index contributed by atoms with van der Waals surface area (Å²) in [6, 6.07) is 14.6. The maximum atomic E-state index is 11.2. The molecule has 0 aliphatic carbocycles. The summed E-state index contributed by atoms with van der Waals surface area (Å²) in [6.45, 7) is 4.26. The number of ketones is 1. The third kappa shape index (κ3) is 3.60. The van der Waals surface area contributed by atoms with Crippen LogP contribution in [0.3, 0.4) is 0 Å². The van der Waals surface area contributed by atoms with Crippen LogP contribution in [-0.4, -0.2) is 12.4 Å². The largest absolute Gasteiger partial charge is 0.490 e. The Balaban J connectivity index is 2.14. The van der Waals surface area contributed by atoms with E-state index in [4.69, 9.17) is 9.47 Å². The average molecular weight is 270 g/mol. The molecule has 0 heterocycles. The maximum absolute atomic E-state index is 11.2. The van der Waals surface area contributed by atoms with Crippen LogP contribution in [0.25, 0.3) is 0 Å². The van der Waals surface area contributed by atoms with Gasteiger partial charge in [-0.2, -0.15) is 0 Å². The van der Waals surface area contributed by atoms with Crippen LogP contribution in [0.15, 0.2) is 48.5 Å². The molecule has 104 valence electrons. The topological polar surface area (TPSA) is 35.5 Å². The molecule has 3 heteroatoms. The first-order valence-corrected chi connectivity index (χ1v) is 6.71. The second kappa shape index (κ2) is 6.75. The van der Waals surface area contributed by atoms with E-state index >= 15 is 0 Å². The molecule has 0 amide bonds. The van der Waals surface area contributed by atoms with Crippen molar-refractivity contribution in [3.8, 4) is 17.2 Å². The summed E-state index contributed by atoms with van der Waals surface area (Å²) in [4.78, 5) is 11.2. The molecule has 2 aromatic rings. The fourth-order valence-electron chi connectivity index (χ4n) is 1.75. The van der Waals surface area contributed by atoms with Crippen LogP contribution in [-0.2, 0) is 0 Å². The van der Waals surface area contributed by atoms with Gasteiger partial charge in [0.25, 0.3) is 0 Å². The average Bonchev–Trinajstić information content (AvgIpc) is 2.47. The molecule has 0 aliphatic heterocycles. The fraction of sp³-hybridized carbons (Fsp3) is 0.235. The Morgan fingerprint density at radius 1 is 1.00 bits per heavy atom. The minimum Gasteiger partial charge on any atom is -0.490 e. The van der Waals surface area contributed by atoms with E-state index in [1.54, 1.807) is 31.2 Å². The highest BCUT2D eigenvalue weighted by molar-refractivity contribution is 5.94. The molecule has 2 aromatic carbocycles. The Kier molecular flexibility index (Phi) is 4.77. The molecule has 0 bridgehead atoms. The molecule has 0 saturated carbocycles. The van der Waals surface area contributed by atoms with Gasteiger partial charge >= 0.3 is 0 Å². The van der Waals surface area contributed by atoms with Gasteiger partial charge in [0.15, 0.2) is 17.3 Å². The lowest BCUT2D eigenvalue weighted by atomic mass is 10.1. The van der Waals surface area contributed by atoms with Crippen molar-refractivity contribution in [3.63, 3.8) is 0 Å². The SMILES string of the molecule is CCCOc1ccccc1Oc1ccc(C(C)=O)cc1. The molecule has 2 rings (SSSR count). The van der Waals surface area contributed by atoms with Gasteiger partial charge in [0.1, 0.15) is 5.75 Å². The number of para-hydroxylation sites is 2. The number of carbonyl (C=O) groups is 1. The maximum Gasteiger partial charge on any atom is 0.169 e. The van der Waals surface area contributed by atoms with E-state index in [2.05, 4.69) is 6.92 Å². The third-order valence-corrected chi connectivity index (χ3v) is 2.80. The predicted octanol–water partition coefficient (Wildman–Crippen LogP) is 4.47. The molecule has 0 fully saturated rings. The lowest BCUT2D eigenvalue weighted by molar-refractivity contribution is 0.101. The Labute approximate surface area is 119 Å². The Morgan fingerprint density at radius 3 is 2.25 bits per heavy atom. The van der Waals surface area contributed by atoms with Gasteiger partial charge in [-0.25, -0.2) is 0 Å². The first-order chi connectivity index (χ1) is 9.70. The highest BCUT2D eigenvalue weighted by Gasteiger charge is 2.06. The molecule has 0 atom stereocenters. The van der Waals surface area contributed by atoms with Crippen molar-refractivity contribution in [2.24, 2.45) is 0 Å². The minimum atomic E-state index is 0.0447. The van der Waals surface area contributed by atoms with Crippen LogP contribution >= 0.6 is 0 Å². The number of hydrogen-bond donors (Lipinski definition) is 0. The van der Waals surface area contributed by atoms with Gasteiger partial charge in [-0.05, 0) is 49.7 Å². The zero-order valence-corrected chi connectivity index (χ0v) is 11.8. The van der Waals surface area contributed by atoms with Crippen molar-refractivity contribution in [1.29, 1.82) is 0 Å². The lowest BCUT2D eigenvalue weighted by Crippen LogP contribution is -1.97. The second-order valence-electron chi connectivity index (χ2n) is 4.48. The van der Waals surface area contributed by atoms with Crippen LogP contribution in [0.2, 0.25) is 0 Å². The molecule has 20 heavy (non-hydrogen) atoms. The number of carbonyl (C=O) groups excluding carboxylic acids is 1. The van der Waals surface area contributed by atoms with Gasteiger partial charge in [0.2, 0.25) is 0 Å². The van der Waals surface area contributed by atoms with Crippen molar-refractivity contribution in [1.82, 2.24) is 0 Å². The van der Waals surface area contributed by atoms with E-state index in [0.29, 0.717) is 23.7 Å². The summed E-state index contributed by atoms with van der Waals surface area (Å²) in [5.74, 6) is 2.13. The first-order valence-electron chi connectivity index (χ1n) is 6.71. The van der Waals surface area contributed by atoms with E-state index in [1.165, 1.54) is 0 Å². The van der Waals surface area contributed by atoms with E-state index < -0.39 is 0 Å². The van der Waals surface area contributed by atoms with Crippen molar-refractivity contribution >= 4 is 5.78 Å². The lowest BCUT2D eigenvalue weighted by Gasteiger charge is -2.12. The van der Waals surface area contributed by atoms with Gasteiger partial charge in [-0.1, -0.05) is 19.1 Å². The van der Waals surface area contributed by atoms with Crippen LogP contribution in [0.1, 0.15) is 30.6 Å². The van der Waals surface area contributed by atoms with Crippen LogP contribution in [0.4, 0.5) is 0 Å².